The SMILES string of the molecule is CC(C)N(C)C(C(=O)O)C1CC1. The van der Waals surface area contributed by atoms with E-state index in [1.54, 1.807) is 0 Å². The minimum atomic E-state index is -0.672. The molecule has 0 spiro atoms. The fourth-order valence-corrected chi connectivity index (χ4v) is 1.44. The number of likely N-dealkylation sites (N-methyl/N-ethyl adjacent to an activating group) is 1. The van der Waals surface area contributed by atoms with Crippen LogP contribution in [0.25, 0.3) is 0 Å². The summed E-state index contributed by atoms with van der Waals surface area (Å²) < 4.78 is 0. The van der Waals surface area contributed by atoms with E-state index < -0.39 is 5.97 Å². The Labute approximate surface area is 73.4 Å². The minimum Gasteiger partial charge on any atom is -0.480 e. The molecule has 1 unspecified atom stereocenters. The van der Waals surface area contributed by atoms with Crippen LogP contribution in [0, 0.1) is 5.92 Å². The van der Waals surface area contributed by atoms with Gasteiger partial charge in [-0.15, -0.1) is 0 Å². The lowest BCUT2D eigenvalue weighted by atomic mass is 10.1. The fourth-order valence-electron chi connectivity index (χ4n) is 1.44. The minimum absolute atomic E-state index is 0.259. The van der Waals surface area contributed by atoms with Gasteiger partial charge in [0.15, 0.2) is 0 Å². The molecule has 1 saturated carbocycles. The number of hydrogen-bond acceptors (Lipinski definition) is 2. The van der Waals surface area contributed by atoms with E-state index >= 15 is 0 Å². The Bertz CT molecular complexity index is 175. The Balaban J connectivity index is 2.58. The van der Waals surface area contributed by atoms with E-state index in [0.717, 1.165) is 12.8 Å². The highest BCUT2D eigenvalue weighted by atomic mass is 16.4. The van der Waals surface area contributed by atoms with Crippen LogP contribution in [0.2, 0.25) is 0 Å². The average Bonchev–Trinajstić information content (AvgIpc) is 2.70. The molecule has 1 atom stereocenters. The number of hydrogen-bond donors (Lipinski definition) is 1. The van der Waals surface area contributed by atoms with Gasteiger partial charge in [-0.1, -0.05) is 0 Å². The van der Waals surface area contributed by atoms with Gasteiger partial charge in [-0.25, -0.2) is 0 Å². The van der Waals surface area contributed by atoms with Gasteiger partial charge in [-0.05, 0) is 39.7 Å². The molecule has 3 heteroatoms. The van der Waals surface area contributed by atoms with Crippen LogP contribution in [0.4, 0.5) is 0 Å². The summed E-state index contributed by atoms with van der Waals surface area (Å²) in [6, 6.07) is 0.0525. The molecule has 0 aliphatic heterocycles. The highest BCUT2D eigenvalue weighted by Crippen LogP contribution is 2.35. The van der Waals surface area contributed by atoms with Crippen LogP contribution in [0.3, 0.4) is 0 Å². The quantitative estimate of drug-likeness (QED) is 0.690. The molecule has 0 radical (unpaired) electrons. The summed E-state index contributed by atoms with van der Waals surface area (Å²) in [5, 5.41) is 8.96. The summed E-state index contributed by atoms with van der Waals surface area (Å²) in [4.78, 5) is 12.8. The molecule has 0 saturated heterocycles. The molecule has 1 aliphatic rings. The second-order valence-corrected chi connectivity index (χ2v) is 3.88. The van der Waals surface area contributed by atoms with Crippen molar-refractivity contribution in [2.45, 2.75) is 38.8 Å². The summed E-state index contributed by atoms with van der Waals surface area (Å²) in [5.41, 5.74) is 0. The van der Waals surface area contributed by atoms with E-state index in [2.05, 4.69) is 0 Å². The number of aliphatic carboxylic acids is 1. The third-order valence-corrected chi connectivity index (χ3v) is 2.57. The van der Waals surface area contributed by atoms with Crippen LogP contribution in [0.1, 0.15) is 26.7 Å². The monoisotopic (exact) mass is 171 g/mol. The first kappa shape index (κ1) is 9.52. The predicted molar refractivity (Wildman–Crippen MR) is 47.0 cm³/mol. The van der Waals surface area contributed by atoms with Crippen molar-refractivity contribution >= 4 is 5.97 Å². The molecular weight excluding hydrogens is 154 g/mol. The second kappa shape index (κ2) is 3.44. The zero-order chi connectivity index (χ0) is 9.30. The van der Waals surface area contributed by atoms with Crippen molar-refractivity contribution in [3.63, 3.8) is 0 Å². The Hall–Kier alpha value is -0.570. The molecule has 0 aromatic heterocycles. The molecule has 0 heterocycles. The van der Waals surface area contributed by atoms with Crippen LogP contribution < -0.4 is 0 Å². The van der Waals surface area contributed by atoms with Gasteiger partial charge in [0.25, 0.3) is 0 Å². The molecule has 70 valence electrons. The zero-order valence-electron chi connectivity index (χ0n) is 7.95. The molecule has 1 aliphatic carbocycles. The molecule has 0 bridgehead atoms. The Morgan fingerprint density at radius 1 is 1.50 bits per heavy atom. The predicted octanol–water partition coefficient (Wildman–Crippen LogP) is 1.19. The number of carbonyl (C=O) groups is 1. The van der Waals surface area contributed by atoms with Gasteiger partial charge in [0.05, 0.1) is 0 Å². The van der Waals surface area contributed by atoms with Crippen LogP contribution in [-0.4, -0.2) is 35.1 Å². The van der Waals surface area contributed by atoms with Gasteiger partial charge < -0.3 is 5.11 Å². The summed E-state index contributed by atoms with van der Waals surface area (Å²) in [7, 11) is 1.89. The summed E-state index contributed by atoms with van der Waals surface area (Å²) in [5.74, 6) is -0.274. The average molecular weight is 171 g/mol. The van der Waals surface area contributed by atoms with E-state index in [0.29, 0.717) is 12.0 Å². The Morgan fingerprint density at radius 3 is 2.25 bits per heavy atom. The number of carboxylic acids is 1. The maximum Gasteiger partial charge on any atom is 0.321 e. The smallest absolute Gasteiger partial charge is 0.321 e. The molecule has 12 heavy (non-hydrogen) atoms. The lowest BCUT2D eigenvalue weighted by Crippen LogP contribution is -2.43. The van der Waals surface area contributed by atoms with Gasteiger partial charge in [0, 0.05) is 6.04 Å². The fraction of sp³-hybridized carbons (Fsp3) is 0.889. The van der Waals surface area contributed by atoms with Crippen molar-refractivity contribution in [2.24, 2.45) is 5.92 Å². The molecule has 1 rings (SSSR count). The van der Waals surface area contributed by atoms with Crippen LogP contribution in [-0.2, 0) is 4.79 Å². The summed E-state index contributed by atoms with van der Waals surface area (Å²) in [6.45, 7) is 4.05. The third kappa shape index (κ3) is 1.97. The molecule has 0 aromatic carbocycles. The second-order valence-electron chi connectivity index (χ2n) is 3.88. The standard InChI is InChI=1S/C9H17NO2/c1-6(2)10(3)8(9(11)12)7-4-5-7/h6-8H,4-5H2,1-3H3,(H,11,12). The molecule has 0 aromatic rings. The summed E-state index contributed by atoms with van der Waals surface area (Å²) in [6.07, 6.45) is 2.15. The van der Waals surface area contributed by atoms with Gasteiger partial charge in [-0.3, -0.25) is 9.69 Å². The van der Waals surface area contributed by atoms with Gasteiger partial charge in [0.2, 0.25) is 0 Å². The van der Waals surface area contributed by atoms with Crippen molar-refractivity contribution in [1.82, 2.24) is 4.90 Å². The van der Waals surface area contributed by atoms with E-state index in [1.165, 1.54) is 0 Å². The highest BCUT2D eigenvalue weighted by molar-refractivity contribution is 5.74. The third-order valence-electron chi connectivity index (χ3n) is 2.57. The summed E-state index contributed by atoms with van der Waals surface area (Å²) >= 11 is 0. The van der Waals surface area contributed by atoms with Gasteiger partial charge in [0.1, 0.15) is 6.04 Å². The van der Waals surface area contributed by atoms with Crippen LogP contribution in [0.5, 0.6) is 0 Å². The van der Waals surface area contributed by atoms with Gasteiger partial charge in [-0.2, -0.15) is 0 Å². The van der Waals surface area contributed by atoms with Crippen LogP contribution >= 0.6 is 0 Å². The first-order valence-corrected chi connectivity index (χ1v) is 4.48. The van der Waals surface area contributed by atoms with E-state index in [1.807, 2.05) is 25.8 Å². The number of nitrogens with zero attached hydrogens (tertiary/aromatic N) is 1. The van der Waals surface area contributed by atoms with Crippen molar-refractivity contribution in [2.75, 3.05) is 7.05 Å². The highest BCUT2D eigenvalue weighted by Gasteiger charge is 2.39. The first-order chi connectivity index (χ1) is 5.54. The molecule has 1 fully saturated rings. The molecule has 3 nitrogen and oxygen atoms in total. The van der Waals surface area contributed by atoms with Crippen LogP contribution in [0.15, 0.2) is 0 Å². The Morgan fingerprint density at radius 2 is 2.00 bits per heavy atom. The number of rotatable bonds is 4. The van der Waals surface area contributed by atoms with E-state index in [9.17, 15) is 4.79 Å². The zero-order valence-corrected chi connectivity index (χ0v) is 7.95. The van der Waals surface area contributed by atoms with E-state index in [4.69, 9.17) is 5.11 Å². The van der Waals surface area contributed by atoms with Crippen molar-refractivity contribution < 1.29 is 9.90 Å². The largest absolute Gasteiger partial charge is 0.480 e. The van der Waals surface area contributed by atoms with Gasteiger partial charge >= 0.3 is 5.97 Å². The lowest BCUT2D eigenvalue weighted by Gasteiger charge is -2.27. The number of carboxylic acid groups (broad SMARTS) is 1. The maximum atomic E-state index is 10.9. The van der Waals surface area contributed by atoms with E-state index in [-0.39, 0.29) is 6.04 Å². The maximum absolute atomic E-state index is 10.9. The van der Waals surface area contributed by atoms with Crippen molar-refractivity contribution in [1.29, 1.82) is 0 Å². The Kier molecular flexibility index (Phi) is 2.73. The first-order valence-electron chi connectivity index (χ1n) is 4.48. The topological polar surface area (TPSA) is 40.5 Å². The molecule has 1 N–H and O–H groups in total. The van der Waals surface area contributed by atoms with Crippen molar-refractivity contribution in [3.8, 4) is 0 Å². The normalized spacial score (nSPS) is 20.1. The molecule has 0 amide bonds. The lowest BCUT2D eigenvalue weighted by molar-refractivity contribution is -0.144. The van der Waals surface area contributed by atoms with Crippen molar-refractivity contribution in [3.05, 3.63) is 0 Å². The molecular formula is C9H17NO2.